The number of pyridine rings is 2. The zero-order valence-electron chi connectivity index (χ0n) is 12.1. The van der Waals surface area contributed by atoms with Crippen LogP contribution < -0.4 is 5.73 Å². The molecule has 3 aromatic rings. The summed E-state index contributed by atoms with van der Waals surface area (Å²) in [6.07, 6.45) is 0.850. The van der Waals surface area contributed by atoms with Crippen LogP contribution in [0.2, 0.25) is 0 Å². The first kappa shape index (κ1) is 15.3. The Bertz CT molecular complexity index is 784. The van der Waals surface area contributed by atoms with Crippen molar-refractivity contribution < 1.29 is 0 Å². The molecule has 0 aliphatic carbocycles. The fourth-order valence-electron chi connectivity index (χ4n) is 2.49. The van der Waals surface area contributed by atoms with Gasteiger partial charge in [-0.2, -0.15) is 0 Å². The van der Waals surface area contributed by atoms with E-state index < -0.39 is 0 Å². The number of para-hydroxylation sites is 1. The van der Waals surface area contributed by atoms with E-state index in [2.05, 4.69) is 36.2 Å². The summed E-state index contributed by atoms with van der Waals surface area (Å²) < 4.78 is 0. The van der Waals surface area contributed by atoms with Gasteiger partial charge in [0.15, 0.2) is 0 Å². The lowest BCUT2D eigenvalue weighted by Crippen LogP contribution is -1.98. The molecule has 0 radical (unpaired) electrons. The Morgan fingerprint density at radius 3 is 2.52 bits per heavy atom. The van der Waals surface area contributed by atoms with Gasteiger partial charge >= 0.3 is 0 Å². The van der Waals surface area contributed by atoms with Gasteiger partial charge in [0.2, 0.25) is 0 Å². The standard InChI is InChI=1S/C17H17N3.ClH/c1-3-15-13(9-10-16(18)20-15)14-6-4-5-12-8-7-11(2)19-17(12)14;/h4-10H,3H2,1-2H3,(H2,18,20);1H. The van der Waals surface area contributed by atoms with Crippen LogP contribution in [0.1, 0.15) is 18.3 Å². The summed E-state index contributed by atoms with van der Waals surface area (Å²) in [5.74, 6) is 0.565. The van der Waals surface area contributed by atoms with Crippen molar-refractivity contribution in [3.05, 3.63) is 53.9 Å². The van der Waals surface area contributed by atoms with Crippen molar-refractivity contribution >= 4 is 29.1 Å². The van der Waals surface area contributed by atoms with Crippen LogP contribution in [0.5, 0.6) is 0 Å². The average Bonchev–Trinajstić information content (AvgIpc) is 2.46. The van der Waals surface area contributed by atoms with Crippen molar-refractivity contribution in [3.8, 4) is 11.1 Å². The van der Waals surface area contributed by atoms with Gasteiger partial charge < -0.3 is 5.73 Å². The summed E-state index contributed by atoms with van der Waals surface area (Å²) in [6.45, 7) is 4.10. The molecule has 21 heavy (non-hydrogen) atoms. The molecule has 0 aliphatic heterocycles. The second kappa shape index (κ2) is 6.10. The third-order valence-corrected chi connectivity index (χ3v) is 3.48. The largest absolute Gasteiger partial charge is 0.384 e. The summed E-state index contributed by atoms with van der Waals surface area (Å²) in [4.78, 5) is 9.14. The van der Waals surface area contributed by atoms with Gasteiger partial charge in [-0.15, -0.1) is 12.4 Å². The lowest BCUT2D eigenvalue weighted by atomic mass is 9.99. The smallest absolute Gasteiger partial charge is 0.123 e. The highest BCUT2D eigenvalue weighted by Gasteiger charge is 2.10. The number of hydrogen-bond acceptors (Lipinski definition) is 3. The third-order valence-electron chi connectivity index (χ3n) is 3.48. The van der Waals surface area contributed by atoms with E-state index in [1.54, 1.807) is 0 Å². The summed E-state index contributed by atoms with van der Waals surface area (Å²) in [5.41, 5.74) is 11.1. The van der Waals surface area contributed by atoms with E-state index in [9.17, 15) is 0 Å². The van der Waals surface area contributed by atoms with Gasteiger partial charge in [-0.25, -0.2) is 4.98 Å². The minimum Gasteiger partial charge on any atom is -0.384 e. The Kier molecular flexibility index (Phi) is 4.43. The van der Waals surface area contributed by atoms with Gasteiger partial charge in [0.1, 0.15) is 5.82 Å². The van der Waals surface area contributed by atoms with Gasteiger partial charge in [-0.05, 0) is 31.5 Å². The predicted molar refractivity (Wildman–Crippen MR) is 90.7 cm³/mol. The summed E-state index contributed by atoms with van der Waals surface area (Å²) in [6, 6.07) is 14.3. The topological polar surface area (TPSA) is 51.8 Å². The number of anilines is 1. The average molecular weight is 300 g/mol. The number of halogens is 1. The second-order valence-corrected chi connectivity index (χ2v) is 4.91. The number of fused-ring (bicyclic) bond motifs is 1. The Morgan fingerprint density at radius 2 is 1.76 bits per heavy atom. The molecule has 2 N–H and O–H groups in total. The van der Waals surface area contributed by atoms with Gasteiger partial charge in [0, 0.05) is 22.2 Å². The van der Waals surface area contributed by atoms with Crippen molar-refractivity contribution in [2.75, 3.05) is 5.73 Å². The zero-order chi connectivity index (χ0) is 14.1. The first-order chi connectivity index (χ1) is 9.69. The lowest BCUT2D eigenvalue weighted by Gasteiger charge is -2.11. The Morgan fingerprint density at radius 1 is 0.952 bits per heavy atom. The lowest BCUT2D eigenvalue weighted by molar-refractivity contribution is 1.04. The molecular formula is C17H18ClN3. The summed E-state index contributed by atoms with van der Waals surface area (Å²) in [5, 5.41) is 1.15. The van der Waals surface area contributed by atoms with Crippen LogP contribution in [0, 0.1) is 6.92 Å². The number of nitrogens with two attached hydrogens (primary N) is 1. The quantitative estimate of drug-likeness (QED) is 0.772. The van der Waals surface area contributed by atoms with Crippen molar-refractivity contribution in [1.29, 1.82) is 0 Å². The molecule has 1 aromatic carbocycles. The van der Waals surface area contributed by atoms with Crippen LogP contribution in [-0.4, -0.2) is 9.97 Å². The first-order valence-corrected chi connectivity index (χ1v) is 6.81. The molecule has 0 bridgehead atoms. The fraction of sp³-hybridized carbons (Fsp3) is 0.176. The first-order valence-electron chi connectivity index (χ1n) is 6.81. The molecule has 0 spiro atoms. The number of hydrogen-bond donors (Lipinski definition) is 1. The van der Waals surface area contributed by atoms with Crippen molar-refractivity contribution in [3.63, 3.8) is 0 Å². The summed E-state index contributed by atoms with van der Waals surface area (Å²) in [7, 11) is 0. The van der Waals surface area contributed by atoms with Crippen LogP contribution in [0.15, 0.2) is 42.5 Å². The highest BCUT2D eigenvalue weighted by Crippen LogP contribution is 2.30. The molecule has 0 amide bonds. The summed E-state index contributed by atoms with van der Waals surface area (Å²) >= 11 is 0. The normalized spacial score (nSPS) is 10.4. The van der Waals surface area contributed by atoms with E-state index in [-0.39, 0.29) is 12.4 Å². The minimum absolute atomic E-state index is 0. The Hall–Kier alpha value is -2.13. The van der Waals surface area contributed by atoms with Crippen molar-refractivity contribution in [2.24, 2.45) is 0 Å². The van der Waals surface area contributed by atoms with Gasteiger partial charge in [0.05, 0.1) is 11.2 Å². The molecule has 3 nitrogen and oxygen atoms in total. The van der Waals surface area contributed by atoms with Crippen LogP contribution >= 0.6 is 12.4 Å². The van der Waals surface area contributed by atoms with E-state index in [4.69, 9.17) is 10.7 Å². The fourth-order valence-corrected chi connectivity index (χ4v) is 2.49. The molecule has 3 rings (SSSR count). The molecule has 0 aliphatic rings. The van der Waals surface area contributed by atoms with E-state index in [1.165, 1.54) is 0 Å². The monoisotopic (exact) mass is 299 g/mol. The maximum absolute atomic E-state index is 5.79. The molecule has 2 heterocycles. The number of nitrogens with zero attached hydrogens (tertiary/aromatic N) is 2. The van der Waals surface area contributed by atoms with Crippen LogP contribution in [0.4, 0.5) is 5.82 Å². The van der Waals surface area contributed by atoms with Crippen LogP contribution in [-0.2, 0) is 6.42 Å². The number of nitrogen functional groups attached to an aromatic ring is 1. The van der Waals surface area contributed by atoms with Crippen molar-refractivity contribution in [1.82, 2.24) is 9.97 Å². The van der Waals surface area contributed by atoms with Crippen molar-refractivity contribution in [2.45, 2.75) is 20.3 Å². The van der Waals surface area contributed by atoms with Crippen LogP contribution in [0.25, 0.3) is 22.0 Å². The maximum atomic E-state index is 5.79. The van der Waals surface area contributed by atoms with E-state index in [0.717, 1.165) is 39.8 Å². The van der Waals surface area contributed by atoms with Gasteiger partial charge in [0.25, 0.3) is 0 Å². The zero-order valence-corrected chi connectivity index (χ0v) is 12.9. The molecule has 0 atom stereocenters. The van der Waals surface area contributed by atoms with Gasteiger partial charge in [-0.1, -0.05) is 31.2 Å². The number of aromatic nitrogens is 2. The Balaban J connectivity index is 0.00000161. The molecule has 108 valence electrons. The molecule has 0 saturated carbocycles. The molecule has 0 saturated heterocycles. The highest BCUT2D eigenvalue weighted by atomic mass is 35.5. The Labute approximate surface area is 130 Å². The number of benzene rings is 1. The SMILES string of the molecule is CCc1nc(N)ccc1-c1cccc2ccc(C)nc12.Cl. The van der Waals surface area contributed by atoms with Crippen LogP contribution in [0.3, 0.4) is 0 Å². The van der Waals surface area contributed by atoms with E-state index in [0.29, 0.717) is 5.82 Å². The second-order valence-electron chi connectivity index (χ2n) is 4.91. The number of rotatable bonds is 2. The molecule has 4 heteroatoms. The maximum Gasteiger partial charge on any atom is 0.123 e. The predicted octanol–water partition coefficient (Wildman–Crippen LogP) is 4.17. The minimum atomic E-state index is 0. The molecule has 0 fully saturated rings. The molecule has 2 aromatic heterocycles. The molecular weight excluding hydrogens is 282 g/mol. The highest BCUT2D eigenvalue weighted by molar-refractivity contribution is 5.94. The van der Waals surface area contributed by atoms with E-state index >= 15 is 0 Å². The number of aryl methyl sites for hydroxylation is 2. The molecule has 0 unspecified atom stereocenters. The van der Waals surface area contributed by atoms with Gasteiger partial charge in [-0.3, -0.25) is 4.98 Å². The third kappa shape index (κ3) is 2.83. The van der Waals surface area contributed by atoms with E-state index in [1.807, 2.05) is 25.1 Å².